The molecule has 1 heterocycles. The summed E-state index contributed by atoms with van der Waals surface area (Å²) in [7, 11) is 0. The molecule has 0 unspecified atom stereocenters. The second-order valence-corrected chi connectivity index (χ2v) is 7.23. The Hall–Kier alpha value is -1.45. The Morgan fingerprint density at radius 2 is 1.75 bits per heavy atom. The predicted molar refractivity (Wildman–Crippen MR) is 73.6 cm³/mol. The maximum atomic E-state index is 11.2. The van der Waals surface area contributed by atoms with Crippen LogP contribution < -0.4 is 0 Å². The molecule has 4 aliphatic rings. The topological polar surface area (TPSA) is 63.1 Å². The molecule has 5 rings (SSSR count). The minimum absolute atomic E-state index is 0.0404. The number of aromatic nitrogens is 2. The zero-order valence-electron chi connectivity index (χ0n) is 11.8. The number of aromatic carboxylic acids is 1. The van der Waals surface area contributed by atoms with Crippen LogP contribution in [0.4, 0.5) is 0 Å². The van der Waals surface area contributed by atoms with Crippen molar-refractivity contribution in [2.24, 2.45) is 17.8 Å². The summed E-state index contributed by atoms with van der Waals surface area (Å²) in [5.74, 6) is 1.45. The van der Waals surface area contributed by atoms with Gasteiger partial charge in [-0.05, 0) is 68.8 Å². The molecule has 1 aromatic rings. The van der Waals surface area contributed by atoms with Crippen molar-refractivity contribution in [3.8, 4) is 0 Å². The zero-order valence-corrected chi connectivity index (χ0v) is 11.8. The van der Waals surface area contributed by atoms with Crippen LogP contribution in [0.15, 0.2) is 6.20 Å². The van der Waals surface area contributed by atoms with Gasteiger partial charge in [-0.15, -0.1) is 0 Å². The van der Waals surface area contributed by atoms with Crippen molar-refractivity contribution in [1.29, 1.82) is 0 Å². The van der Waals surface area contributed by atoms with Gasteiger partial charge in [0.15, 0.2) is 0 Å². The Kier molecular flexibility index (Phi) is 2.48. The molecule has 0 aromatic carbocycles. The van der Waals surface area contributed by atoms with E-state index in [9.17, 15) is 4.79 Å². The van der Waals surface area contributed by atoms with Crippen molar-refractivity contribution in [2.75, 3.05) is 0 Å². The van der Waals surface area contributed by atoms with Crippen molar-refractivity contribution in [3.63, 3.8) is 0 Å². The summed E-state index contributed by atoms with van der Waals surface area (Å²) in [6.45, 7) is 2.03. The fourth-order valence-corrected chi connectivity index (χ4v) is 5.48. The van der Waals surface area contributed by atoms with Gasteiger partial charge in [0.2, 0.25) is 5.82 Å². The Morgan fingerprint density at radius 1 is 1.20 bits per heavy atom. The number of nitrogens with zero attached hydrogens (tertiary/aromatic N) is 2. The molecule has 4 nitrogen and oxygen atoms in total. The zero-order chi connectivity index (χ0) is 13.9. The normalized spacial score (nSPS) is 38.1. The predicted octanol–water partition coefficient (Wildman–Crippen LogP) is 2.95. The number of rotatable bonds is 2. The van der Waals surface area contributed by atoms with Crippen LogP contribution in [-0.2, 0) is 5.41 Å². The van der Waals surface area contributed by atoms with E-state index in [1.165, 1.54) is 38.5 Å². The van der Waals surface area contributed by atoms with E-state index in [1.54, 1.807) is 6.20 Å². The highest BCUT2D eigenvalue weighted by Crippen LogP contribution is 2.60. The highest BCUT2D eigenvalue weighted by Gasteiger charge is 2.52. The van der Waals surface area contributed by atoms with Gasteiger partial charge in [-0.3, -0.25) is 0 Å². The molecule has 106 valence electrons. The highest BCUT2D eigenvalue weighted by molar-refractivity contribution is 5.83. The summed E-state index contributed by atoms with van der Waals surface area (Å²) in [4.78, 5) is 19.6. The van der Waals surface area contributed by atoms with E-state index in [0.29, 0.717) is 0 Å². The van der Waals surface area contributed by atoms with Gasteiger partial charge in [0, 0.05) is 11.6 Å². The largest absolute Gasteiger partial charge is 0.475 e. The van der Waals surface area contributed by atoms with E-state index in [1.807, 2.05) is 6.92 Å². The average molecular weight is 272 g/mol. The van der Waals surface area contributed by atoms with Gasteiger partial charge in [0.25, 0.3) is 0 Å². The fourth-order valence-electron chi connectivity index (χ4n) is 5.48. The van der Waals surface area contributed by atoms with E-state index in [-0.39, 0.29) is 11.2 Å². The maximum absolute atomic E-state index is 11.2. The van der Waals surface area contributed by atoms with E-state index in [0.717, 1.165) is 29.0 Å². The lowest BCUT2D eigenvalue weighted by molar-refractivity contribution is -0.00767. The second kappa shape index (κ2) is 4.03. The van der Waals surface area contributed by atoms with Crippen molar-refractivity contribution in [2.45, 2.75) is 50.9 Å². The Balaban J connectivity index is 1.80. The van der Waals surface area contributed by atoms with Crippen LogP contribution in [-0.4, -0.2) is 21.0 Å². The van der Waals surface area contributed by atoms with Crippen LogP contribution in [0, 0.1) is 24.7 Å². The molecule has 4 aliphatic carbocycles. The van der Waals surface area contributed by atoms with Crippen LogP contribution in [0.1, 0.15) is 60.4 Å². The van der Waals surface area contributed by atoms with Crippen LogP contribution >= 0.6 is 0 Å². The summed E-state index contributed by atoms with van der Waals surface area (Å²) in [6, 6.07) is 0. The lowest BCUT2D eigenvalue weighted by Crippen LogP contribution is -2.49. The van der Waals surface area contributed by atoms with Crippen LogP contribution in [0.25, 0.3) is 0 Å². The first-order valence-electron chi connectivity index (χ1n) is 7.63. The molecule has 1 N–H and O–H groups in total. The molecular weight excluding hydrogens is 252 g/mol. The molecule has 0 spiro atoms. The molecule has 0 radical (unpaired) electrons. The third-order valence-electron chi connectivity index (χ3n) is 5.70. The number of hydrogen-bond donors (Lipinski definition) is 1. The summed E-state index contributed by atoms with van der Waals surface area (Å²) in [6.07, 6.45) is 9.46. The minimum atomic E-state index is -1.02. The second-order valence-electron chi connectivity index (χ2n) is 7.23. The van der Waals surface area contributed by atoms with Gasteiger partial charge in [-0.1, -0.05) is 0 Å². The molecule has 0 amide bonds. The smallest absolute Gasteiger partial charge is 0.373 e. The summed E-state index contributed by atoms with van der Waals surface area (Å²) >= 11 is 0. The first-order valence-corrected chi connectivity index (χ1v) is 7.63. The molecule has 4 fully saturated rings. The number of carboxylic acid groups (broad SMARTS) is 1. The molecule has 4 bridgehead atoms. The first-order chi connectivity index (χ1) is 9.56. The monoisotopic (exact) mass is 272 g/mol. The number of carbonyl (C=O) groups is 1. The van der Waals surface area contributed by atoms with E-state index in [4.69, 9.17) is 5.11 Å². The van der Waals surface area contributed by atoms with Gasteiger partial charge < -0.3 is 5.11 Å². The molecule has 0 saturated heterocycles. The van der Waals surface area contributed by atoms with Crippen LogP contribution in [0.2, 0.25) is 0 Å². The van der Waals surface area contributed by atoms with Crippen molar-refractivity contribution in [1.82, 2.24) is 9.97 Å². The Morgan fingerprint density at radius 3 is 2.25 bits per heavy atom. The quantitative estimate of drug-likeness (QED) is 0.899. The van der Waals surface area contributed by atoms with Gasteiger partial charge in [0.05, 0.1) is 5.69 Å². The summed E-state index contributed by atoms with van der Waals surface area (Å²) in [5.41, 5.74) is 2.24. The lowest BCUT2D eigenvalue weighted by Gasteiger charge is -2.56. The van der Waals surface area contributed by atoms with Gasteiger partial charge >= 0.3 is 5.97 Å². The average Bonchev–Trinajstić information content (AvgIpc) is 2.37. The standard InChI is InChI=1S/C16H20N2O2/c1-9-8-17-14(15(19)20)18-13(9)16-5-10-2-11(6-16)4-12(3-10)7-16/h8,10-12H,2-7H2,1H3,(H,19,20). The Bertz CT molecular complexity index is 547. The number of carboxylic acids is 1. The van der Waals surface area contributed by atoms with Gasteiger partial charge in [-0.25, -0.2) is 14.8 Å². The molecule has 20 heavy (non-hydrogen) atoms. The third kappa shape index (κ3) is 1.70. The molecular formula is C16H20N2O2. The van der Waals surface area contributed by atoms with Gasteiger partial charge in [-0.2, -0.15) is 0 Å². The summed E-state index contributed by atoms with van der Waals surface area (Å²) < 4.78 is 0. The highest BCUT2D eigenvalue weighted by atomic mass is 16.4. The Labute approximate surface area is 118 Å². The molecule has 1 aromatic heterocycles. The van der Waals surface area contributed by atoms with Crippen molar-refractivity contribution >= 4 is 5.97 Å². The van der Waals surface area contributed by atoms with Crippen LogP contribution in [0.3, 0.4) is 0 Å². The summed E-state index contributed by atoms with van der Waals surface area (Å²) in [5, 5.41) is 9.16. The minimum Gasteiger partial charge on any atom is -0.475 e. The lowest BCUT2D eigenvalue weighted by atomic mass is 9.48. The van der Waals surface area contributed by atoms with E-state index in [2.05, 4.69) is 9.97 Å². The van der Waals surface area contributed by atoms with Crippen LogP contribution in [0.5, 0.6) is 0 Å². The van der Waals surface area contributed by atoms with Crippen molar-refractivity contribution < 1.29 is 9.90 Å². The maximum Gasteiger partial charge on any atom is 0.373 e. The molecule has 4 heteroatoms. The molecule has 0 atom stereocenters. The third-order valence-corrected chi connectivity index (χ3v) is 5.70. The first kappa shape index (κ1) is 12.3. The van der Waals surface area contributed by atoms with E-state index >= 15 is 0 Å². The van der Waals surface area contributed by atoms with E-state index < -0.39 is 5.97 Å². The SMILES string of the molecule is Cc1cnc(C(=O)O)nc1C12CC3CC(CC(C3)C1)C2. The number of aryl methyl sites for hydroxylation is 1. The van der Waals surface area contributed by atoms with Gasteiger partial charge in [0.1, 0.15) is 0 Å². The number of hydrogen-bond acceptors (Lipinski definition) is 3. The molecule has 0 aliphatic heterocycles. The molecule has 4 saturated carbocycles. The fraction of sp³-hybridized carbons (Fsp3) is 0.688. The van der Waals surface area contributed by atoms with Crippen molar-refractivity contribution in [3.05, 3.63) is 23.3 Å².